The molecule has 0 spiro atoms. The van der Waals surface area contributed by atoms with Gasteiger partial charge in [0.05, 0.1) is 6.04 Å². The Balaban J connectivity index is 0.000000265. The van der Waals surface area contributed by atoms with Gasteiger partial charge >= 0.3 is 0 Å². The predicted octanol–water partition coefficient (Wildman–Crippen LogP) is -0.186. The first kappa shape index (κ1) is 14.3. The highest BCUT2D eigenvalue weighted by Crippen LogP contribution is 2.13. The maximum Gasteiger partial charge on any atom is 0.250 e. The first-order valence-electron chi connectivity index (χ1n) is 5.45. The number of nitrogens with zero attached hydrogens (tertiary/aromatic N) is 1. The van der Waals surface area contributed by atoms with Gasteiger partial charge in [-0.2, -0.15) is 0 Å². The SMILES string of the molecule is CC1CCCCN1C.C[C@H](N)C(=O)NN. The van der Waals surface area contributed by atoms with E-state index in [-0.39, 0.29) is 5.91 Å². The molecule has 0 radical (unpaired) electrons. The number of nitrogens with two attached hydrogens (primary N) is 2. The van der Waals surface area contributed by atoms with E-state index >= 15 is 0 Å². The summed E-state index contributed by atoms with van der Waals surface area (Å²) in [6, 6.07) is 0.328. The van der Waals surface area contributed by atoms with Gasteiger partial charge in [0.15, 0.2) is 0 Å². The van der Waals surface area contributed by atoms with Crippen LogP contribution < -0.4 is 17.0 Å². The summed E-state index contributed by atoms with van der Waals surface area (Å²) >= 11 is 0. The van der Waals surface area contributed by atoms with Crippen LogP contribution >= 0.6 is 0 Å². The lowest BCUT2D eigenvalue weighted by Crippen LogP contribution is -2.41. The van der Waals surface area contributed by atoms with E-state index in [0.29, 0.717) is 0 Å². The molecular formula is C10H24N4O. The van der Waals surface area contributed by atoms with E-state index in [1.807, 2.05) is 5.43 Å². The Bertz CT molecular complexity index is 174. The highest BCUT2D eigenvalue weighted by atomic mass is 16.2. The number of hydrogen-bond donors (Lipinski definition) is 3. The van der Waals surface area contributed by atoms with Crippen LogP contribution in [-0.2, 0) is 4.79 Å². The Morgan fingerprint density at radius 1 is 1.53 bits per heavy atom. The topological polar surface area (TPSA) is 84.4 Å². The van der Waals surface area contributed by atoms with E-state index in [1.54, 1.807) is 6.92 Å². The number of carbonyl (C=O) groups excluding carboxylic acids is 1. The zero-order valence-corrected chi connectivity index (χ0v) is 9.99. The molecule has 1 aliphatic rings. The average Bonchev–Trinajstić information content (AvgIpc) is 2.22. The maximum absolute atomic E-state index is 10.2. The van der Waals surface area contributed by atoms with Crippen molar-refractivity contribution in [2.45, 2.75) is 45.2 Å². The standard InChI is InChI=1S/C7H15N.C3H9N3O/c1-7-5-3-4-6-8(7)2;1-2(4)3(7)6-5/h7H,3-6H2,1-2H3;2H,4-5H2,1H3,(H,6,7)/t;2-/m.0/s1. The third-order valence-corrected chi connectivity index (χ3v) is 2.69. The lowest BCUT2D eigenvalue weighted by atomic mass is 10.1. The molecule has 1 aliphatic heterocycles. The van der Waals surface area contributed by atoms with Crippen molar-refractivity contribution in [2.75, 3.05) is 13.6 Å². The molecule has 1 amide bonds. The van der Waals surface area contributed by atoms with Gasteiger partial charge in [-0.05, 0) is 40.3 Å². The monoisotopic (exact) mass is 216 g/mol. The Labute approximate surface area is 92.1 Å². The minimum absolute atomic E-state index is 0.347. The summed E-state index contributed by atoms with van der Waals surface area (Å²) in [5.41, 5.74) is 6.95. The van der Waals surface area contributed by atoms with E-state index in [1.165, 1.54) is 25.8 Å². The van der Waals surface area contributed by atoms with Crippen LogP contribution in [0.15, 0.2) is 0 Å². The molecule has 1 rings (SSSR count). The molecule has 0 aromatic carbocycles. The highest BCUT2D eigenvalue weighted by molar-refractivity contribution is 5.80. The number of nitrogens with one attached hydrogen (secondary N) is 1. The smallest absolute Gasteiger partial charge is 0.250 e. The van der Waals surface area contributed by atoms with Crippen molar-refractivity contribution in [3.8, 4) is 0 Å². The lowest BCUT2D eigenvalue weighted by Gasteiger charge is -2.29. The first-order chi connectivity index (χ1) is 6.99. The second-order valence-corrected chi connectivity index (χ2v) is 4.12. The lowest BCUT2D eigenvalue weighted by molar-refractivity contribution is -0.122. The van der Waals surface area contributed by atoms with Gasteiger partial charge in [0.1, 0.15) is 0 Å². The number of piperidine rings is 1. The van der Waals surface area contributed by atoms with Gasteiger partial charge in [-0.25, -0.2) is 5.84 Å². The van der Waals surface area contributed by atoms with Crippen molar-refractivity contribution >= 4 is 5.91 Å². The third kappa shape index (κ3) is 6.43. The molecule has 0 saturated carbocycles. The highest BCUT2D eigenvalue weighted by Gasteiger charge is 2.12. The normalized spacial score (nSPS) is 23.7. The van der Waals surface area contributed by atoms with Gasteiger partial charge in [0.25, 0.3) is 0 Å². The molecule has 90 valence electrons. The fourth-order valence-corrected chi connectivity index (χ4v) is 1.37. The Kier molecular flexibility index (Phi) is 7.29. The maximum atomic E-state index is 10.2. The van der Waals surface area contributed by atoms with Crippen LogP contribution in [0.25, 0.3) is 0 Å². The second kappa shape index (κ2) is 7.62. The molecule has 0 aliphatic carbocycles. The van der Waals surface area contributed by atoms with Crippen LogP contribution in [0, 0.1) is 0 Å². The summed E-state index contributed by atoms with van der Waals surface area (Å²) in [7, 11) is 2.21. The average molecular weight is 216 g/mol. The van der Waals surface area contributed by atoms with Gasteiger partial charge in [0, 0.05) is 6.04 Å². The van der Waals surface area contributed by atoms with E-state index < -0.39 is 6.04 Å². The summed E-state index contributed by atoms with van der Waals surface area (Å²) in [5.74, 6) is 4.35. The Hall–Kier alpha value is -0.650. The third-order valence-electron chi connectivity index (χ3n) is 2.69. The van der Waals surface area contributed by atoms with Gasteiger partial charge in [-0.1, -0.05) is 6.42 Å². The Morgan fingerprint density at radius 3 is 2.33 bits per heavy atom. The van der Waals surface area contributed by atoms with Crippen LogP contribution in [0.5, 0.6) is 0 Å². The molecule has 1 unspecified atom stereocenters. The van der Waals surface area contributed by atoms with Gasteiger partial charge in [-0.3, -0.25) is 10.2 Å². The van der Waals surface area contributed by atoms with Crippen LogP contribution in [0.2, 0.25) is 0 Å². The molecule has 2 atom stereocenters. The van der Waals surface area contributed by atoms with Crippen molar-refractivity contribution in [1.82, 2.24) is 10.3 Å². The van der Waals surface area contributed by atoms with E-state index in [0.717, 1.165) is 6.04 Å². The zero-order chi connectivity index (χ0) is 11.8. The van der Waals surface area contributed by atoms with Gasteiger partial charge in [0.2, 0.25) is 5.91 Å². The molecule has 0 aromatic heterocycles. The molecule has 1 heterocycles. The molecule has 0 aromatic rings. The van der Waals surface area contributed by atoms with Crippen LogP contribution in [0.1, 0.15) is 33.1 Å². The summed E-state index contributed by atoms with van der Waals surface area (Å²) in [6.07, 6.45) is 4.24. The first-order valence-corrected chi connectivity index (χ1v) is 5.45. The number of carbonyl (C=O) groups is 1. The molecule has 0 bridgehead atoms. The molecule has 15 heavy (non-hydrogen) atoms. The summed E-state index contributed by atoms with van der Waals surface area (Å²) in [6.45, 7) is 5.17. The van der Waals surface area contributed by atoms with Crippen LogP contribution in [0.3, 0.4) is 0 Å². The van der Waals surface area contributed by atoms with Crippen LogP contribution in [0.4, 0.5) is 0 Å². The zero-order valence-electron chi connectivity index (χ0n) is 9.99. The molecule has 5 heteroatoms. The van der Waals surface area contributed by atoms with E-state index in [4.69, 9.17) is 11.6 Å². The quantitative estimate of drug-likeness (QED) is 0.322. The van der Waals surface area contributed by atoms with Crippen molar-refractivity contribution in [1.29, 1.82) is 0 Å². The number of hydrazine groups is 1. The number of likely N-dealkylation sites (tertiary alicyclic amines) is 1. The fraction of sp³-hybridized carbons (Fsp3) is 0.900. The van der Waals surface area contributed by atoms with Gasteiger partial charge in [-0.15, -0.1) is 0 Å². The van der Waals surface area contributed by atoms with E-state index in [2.05, 4.69) is 18.9 Å². The molecular weight excluding hydrogens is 192 g/mol. The van der Waals surface area contributed by atoms with Crippen molar-refractivity contribution < 1.29 is 4.79 Å². The number of amides is 1. The molecule has 1 saturated heterocycles. The van der Waals surface area contributed by atoms with E-state index in [9.17, 15) is 4.79 Å². The molecule has 5 nitrogen and oxygen atoms in total. The molecule has 5 N–H and O–H groups in total. The Morgan fingerprint density at radius 2 is 2.13 bits per heavy atom. The largest absolute Gasteiger partial charge is 0.320 e. The van der Waals surface area contributed by atoms with Crippen molar-refractivity contribution in [2.24, 2.45) is 11.6 Å². The summed E-state index contributed by atoms with van der Waals surface area (Å²) in [4.78, 5) is 12.6. The fourth-order valence-electron chi connectivity index (χ4n) is 1.37. The van der Waals surface area contributed by atoms with Crippen molar-refractivity contribution in [3.63, 3.8) is 0 Å². The number of hydrogen-bond acceptors (Lipinski definition) is 4. The number of rotatable bonds is 1. The minimum atomic E-state index is -0.509. The second-order valence-electron chi connectivity index (χ2n) is 4.12. The van der Waals surface area contributed by atoms with Crippen molar-refractivity contribution in [3.05, 3.63) is 0 Å². The van der Waals surface area contributed by atoms with Crippen LogP contribution in [-0.4, -0.2) is 36.5 Å². The predicted molar refractivity (Wildman–Crippen MR) is 61.9 cm³/mol. The summed E-state index contributed by atoms with van der Waals surface area (Å²) in [5, 5.41) is 0. The molecule has 1 fully saturated rings. The van der Waals surface area contributed by atoms with Gasteiger partial charge < -0.3 is 10.6 Å². The summed E-state index contributed by atoms with van der Waals surface area (Å²) < 4.78 is 0. The minimum Gasteiger partial charge on any atom is -0.320 e.